The molecule has 0 aromatic heterocycles. The van der Waals surface area contributed by atoms with Crippen LogP contribution in [0.2, 0.25) is 0 Å². The van der Waals surface area contributed by atoms with Gasteiger partial charge in [-0.25, -0.2) is 0 Å². The van der Waals surface area contributed by atoms with E-state index in [1.807, 2.05) is 48.5 Å². The van der Waals surface area contributed by atoms with E-state index in [-0.39, 0.29) is 25.5 Å². The minimum absolute atomic E-state index is 0.0503. The monoisotopic (exact) mass is 513 g/mol. The third-order valence-corrected chi connectivity index (χ3v) is 6.74. The highest BCUT2D eigenvalue weighted by molar-refractivity contribution is 6.06. The predicted octanol–water partition coefficient (Wildman–Crippen LogP) is 3.72. The number of anilines is 3. The summed E-state index contributed by atoms with van der Waals surface area (Å²) in [6.45, 7) is 2.13. The summed E-state index contributed by atoms with van der Waals surface area (Å²) >= 11 is 0. The van der Waals surface area contributed by atoms with Crippen molar-refractivity contribution < 1.29 is 24.6 Å². The molecule has 0 aliphatic carbocycles. The first-order valence-corrected chi connectivity index (χ1v) is 12.5. The average molecular weight is 514 g/mol. The smallest absolute Gasteiger partial charge is 0.261 e. The molecule has 0 radical (unpaired) electrons. The number of aliphatic hydroxyl groups is 2. The van der Waals surface area contributed by atoms with E-state index in [0.29, 0.717) is 35.6 Å². The number of nitrogens with one attached hydrogen (secondary N) is 1. The van der Waals surface area contributed by atoms with Crippen LogP contribution in [0.1, 0.15) is 24.5 Å². The second kappa shape index (κ2) is 11.9. The standard InChI is InChI=1S/C30H31N3O5/c1-22(9-8-14-28(36)32(17-18-34)20-23-10-4-2-5-11-23)30(38)26-19-25(15-16-27(26)31-29(30)37)33(21-35)24-12-6-3-7-13-24/h2-13,15-16,19,21-22,34,38H,14,17-18,20H2,1H3,(H,31,37)/b9-8+/t22-,30+/m0/s1. The van der Waals surface area contributed by atoms with Crippen LogP contribution in [0.25, 0.3) is 0 Å². The molecule has 0 fully saturated rings. The van der Waals surface area contributed by atoms with E-state index in [9.17, 15) is 24.6 Å². The van der Waals surface area contributed by atoms with Crippen LogP contribution in [0.5, 0.6) is 0 Å². The molecule has 3 amide bonds. The van der Waals surface area contributed by atoms with Crippen molar-refractivity contribution in [2.75, 3.05) is 23.4 Å². The summed E-state index contributed by atoms with van der Waals surface area (Å²) in [7, 11) is 0. The largest absolute Gasteiger partial charge is 0.395 e. The van der Waals surface area contributed by atoms with Crippen molar-refractivity contribution in [3.8, 4) is 0 Å². The Morgan fingerprint density at radius 2 is 1.71 bits per heavy atom. The number of para-hydroxylation sites is 1. The summed E-state index contributed by atoms with van der Waals surface area (Å²) in [4.78, 5) is 40.7. The van der Waals surface area contributed by atoms with Gasteiger partial charge < -0.3 is 20.4 Å². The van der Waals surface area contributed by atoms with E-state index in [0.717, 1.165) is 5.56 Å². The van der Waals surface area contributed by atoms with Gasteiger partial charge in [0, 0.05) is 48.1 Å². The molecule has 1 heterocycles. The molecular weight excluding hydrogens is 482 g/mol. The SMILES string of the molecule is C[C@@H](/C=C/CC(=O)N(CCO)Cc1ccccc1)[C@]1(O)C(=O)Nc2ccc(N(C=O)c3ccccc3)cc21. The van der Waals surface area contributed by atoms with Crippen molar-refractivity contribution >= 4 is 35.3 Å². The first kappa shape index (κ1) is 26.8. The molecule has 0 unspecified atom stereocenters. The topological polar surface area (TPSA) is 110 Å². The summed E-state index contributed by atoms with van der Waals surface area (Å²) in [6.07, 6.45) is 4.02. The Kier molecular flexibility index (Phi) is 8.35. The van der Waals surface area contributed by atoms with Crippen LogP contribution in [-0.2, 0) is 26.5 Å². The number of hydrogen-bond donors (Lipinski definition) is 3. The maximum atomic E-state index is 12.9. The molecule has 8 heteroatoms. The Hall–Kier alpha value is -4.27. The lowest BCUT2D eigenvalue weighted by molar-refractivity contribution is -0.137. The van der Waals surface area contributed by atoms with Gasteiger partial charge in [-0.2, -0.15) is 0 Å². The number of carbonyl (C=O) groups excluding carboxylic acids is 3. The normalized spacial score (nSPS) is 17.1. The fourth-order valence-electron chi connectivity index (χ4n) is 4.62. The van der Waals surface area contributed by atoms with Crippen molar-refractivity contribution in [1.82, 2.24) is 4.90 Å². The van der Waals surface area contributed by atoms with Crippen LogP contribution < -0.4 is 10.2 Å². The van der Waals surface area contributed by atoms with Gasteiger partial charge in [0.1, 0.15) is 0 Å². The molecule has 2 atom stereocenters. The zero-order valence-electron chi connectivity index (χ0n) is 21.2. The maximum absolute atomic E-state index is 12.9. The van der Waals surface area contributed by atoms with E-state index in [2.05, 4.69) is 5.32 Å². The molecule has 0 bridgehead atoms. The summed E-state index contributed by atoms with van der Waals surface area (Å²) < 4.78 is 0. The Bertz CT molecular complexity index is 1310. The number of benzene rings is 3. The number of amides is 3. The van der Waals surface area contributed by atoms with Crippen molar-refractivity contribution in [3.05, 3.63) is 102 Å². The van der Waals surface area contributed by atoms with Crippen molar-refractivity contribution in [1.29, 1.82) is 0 Å². The third kappa shape index (κ3) is 5.51. The molecule has 1 aliphatic rings. The molecule has 1 aliphatic heterocycles. The molecule has 38 heavy (non-hydrogen) atoms. The fraction of sp³-hybridized carbons (Fsp3) is 0.233. The number of rotatable bonds is 11. The highest BCUT2D eigenvalue weighted by atomic mass is 16.3. The van der Waals surface area contributed by atoms with E-state index in [1.54, 1.807) is 54.3 Å². The number of nitrogens with zero attached hydrogens (tertiary/aromatic N) is 2. The van der Waals surface area contributed by atoms with Crippen LogP contribution in [0.4, 0.5) is 17.1 Å². The van der Waals surface area contributed by atoms with Gasteiger partial charge in [0.25, 0.3) is 5.91 Å². The second-order valence-electron chi connectivity index (χ2n) is 9.21. The molecule has 0 saturated heterocycles. The second-order valence-corrected chi connectivity index (χ2v) is 9.21. The zero-order valence-corrected chi connectivity index (χ0v) is 21.2. The Morgan fingerprint density at radius 1 is 1.03 bits per heavy atom. The molecule has 0 saturated carbocycles. The molecule has 0 spiro atoms. The Balaban J connectivity index is 1.51. The van der Waals surface area contributed by atoms with Gasteiger partial charge in [0.15, 0.2) is 5.60 Å². The van der Waals surface area contributed by atoms with Gasteiger partial charge in [-0.05, 0) is 35.9 Å². The molecule has 196 valence electrons. The minimum Gasteiger partial charge on any atom is -0.395 e. The van der Waals surface area contributed by atoms with Crippen molar-refractivity contribution in [2.45, 2.75) is 25.5 Å². The molecule has 3 aromatic rings. The van der Waals surface area contributed by atoms with Crippen LogP contribution in [0, 0.1) is 5.92 Å². The van der Waals surface area contributed by atoms with Gasteiger partial charge in [0.05, 0.1) is 6.61 Å². The van der Waals surface area contributed by atoms with E-state index < -0.39 is 17.4 Å². The lowest BCUT2D eigenvalue weighted by Gasteiger charge is -2.27. The van der Waals surface area contributed by atoms with Crippen LogP contribution >= 0.6 is 0 Å². The summed E-state index contributed by atoms with van der Waals surface area (Å²) in [6, 6.07) is 23.6. The predicted molar refractivity (Wildman–Crippen MR) is 145 cm³/mol. The fourth-order valence-corrected chi connectivity index (χ4v) is 4.62. The maximum Gasteiger partial charge on any atom is 0.261 e. The van der Waals surface area contributed by atoms with Gasteiger partial charge in [-0.1, -0.05) is 67.6 Å². The van der Waals surface area contributed by atoms with Gasteiger partial charge in [-0.15, -0.1) is 0 Å². The van der Waals surface area contributed by atoms with E-state index >= 15 is 0 Å². The van der Waals surface area contributed by atoms with Gasteiger partial charge >= 0.3 is 0 Å². The van der Waals surface area contributed by atoms with E-state index in [1.165, 1.54) is 4.90 Å². The average Bonchev–Trinajstić information content (AvgIpc) is 3.20. The number of carbonyl (C=O) groups is 3. The molecule has 3 aromatic carbocycles. The first-order chi connectivity index (χ1) is 18.4. The summed E-state index contributed by atoms with van der Waals surface area (Å²) in [5, 5.41) is 23.7. The Morgan fingerprint density at radius 3 is 2.37 bits per heavy atom. The highest BCUT2D eigenvalue weighted by Gasteiger charge is 2.48. The van der Waals surface area contributed by atoms with Gasteiger partial charge in [-0.3, -0.25) is 19.3 Å². The Labute approximate surface area is 221 Å². The minimum atomic E-state index is -1.88. The molecule has 8 nitrogen and oxygen atoms in total. The third-order valence-electron chi connectivity index (χ3n) is 6.74. The number of aliphatic hydroxyl groups excluding tert-OH is 1. The van der Waals surface area contributed by atoms with Crippen molar-refractivity contribution in [2.24, 2.45) is 5.92 Å². The number of hydrogen-bond acceptors (Lipinski definition) is 5. The molecule has 3 N–H and O–H groups in total. The molecule has 4 rings (SSSR count). The summed E-state index contributed by atoms with van der Waals surface area (Å²) in [5.74, 6) is -1.42. The highest BCUT2D eigenvalue weighted by Crippen LogP contribution is 2.43. The summed E-state index contributed by atoms with van der Waals surface area (Å²) in [5.41, 5.74) is 1.05. The number of fused-ring (bicyclic) bond motifs is 1. The van der Waals surface area contributed by atoms with Crippen LogP contribution in [-0.4, -0.2) is 46.5 Å². The van der Waals surface area contributed by atoms with Crippen molar-refractivity contribution in [3.63, 3.8) is 0 Å². The quantitative estimate of drug-likeness (QED) is 0.267. The zero-order chi connectivity index (χ0) is 27.1. The first-order valence-electron chi connectivity index (χ1n) is 12.5. The molecular formula is C30H31N3O5. The van der Waals surface area contributed by atoms with Gasteiger partial charge in [0.2, 0.25) is 12.3 Å². The lowest BCUT2D eigenvalue weighted by atomic mass is 9.82. The van der Waals surface area contributed by atoms with Crippen LogP contribution in [0.15, 0.2) is 91.0 Å². The van der Waals surface area contributed by atoms with Crippen LogP contribution in [0.3, 0.4) is 0 Å². The van der Waals surface area contributed by atoms with E-state index in [4.69, 9.17) is 0 Å². The lowest BCUT2D eigenvalue weighted by Crippen LogP contribution is -2.39.